The molecule has 0 unspecified atom stereocenters. The molecule has 0 saturated carbocycles. The molecule has 0 aliphatic carbocycles. The lowest BCUT2D eigenvalue weighted by atomic mass is 10.2. The van der Waals surface area contributed by atoms with Gasteiger partial charge in [-0.1, -0.05) is 23.2 Å². The normalized spacial score (nSPS) is 11.2. The van der Waals surface area contributed by atoms with Crippen molar-refractivity contribution in [1.82, 2.24) is 9.97 Å². The summed E-state index contributed by atoms with van der Waals surface area (Å²) in [5, 5.41) is 5.08. The monoisotopic (exact) mass is 364 g/mol. The Morgan fingerprint density at radius 3 is 2.43 bits per heavy atom. The third-order valence-electron chi connectivity index (χ3n) is 2.72. The summed E-state index contributed by atoms with van der Waals surface area (Å²) in [7, 11) is 1.46. The number of alkyl halides is 3. The Morgan fingerprint density at radius 2 is 1.87 bits per heavy atom. The Kier molecular flexibility index (Phi) is 4.96. The summed E-state index contributed by atoms with van der Waals surface area (Å²) in [5.41, 5.74) is -1.32. The molecule has 10 heteroatoms. The first kappa shape index (κ1) is 17.3. The van der Waals surface area contributed by atoms with Gasteiger partial charge in [0.25, 0.3) is 5.91 Å². The van der Waals surface area contributed by atoms with Crippen molar-refractivity contribution in [3.63, 3.8) is 0 Å². The summed E-state index contributed by atoms with van der Waals surface area (Å²) in [6, 6.07) is 2.06. The highest BCUT2D eigenvalue weighted by Gasteiger charge is 2.32. The van der Waals surface area contributed by atoms with Crippen molar-refractivity contribution in [2.75, 3.05) is 17.7 Å². The second kappa shape index (κ2) is 6.59. The first-order valence-corrected chi connectivity index (χ1v) is 6.85. The molecular formula is C13H9Cl2F3N4O. The molecule has 0 aliphatic rings. The highest BCUT2D eigenvalue weighted by atomic mass is 35.5. The molecule has 0 aliphatic heterocycles. The molecule has 0 spiro atoms. The van der Waals surface area contributed by atoms with Gasteiger partial charge in [0, 0.05) is 19.4 Å². The summed E-state index contributed by atoms with van der Waals surface area (Å²) in [6.45, 7) is 0. The second-order valence-corrected chi connectivity index (χ2v) is 5.15. The molecule has 1 amide bonds. The van der Waals surface area contributed by atoms with E-state index >= 15 is 0 Å². The number of nitrogens with zero attached hydrogens (tertiary/aromatic N) is 2. The lowest BCUT2D eigenvalue weighted by Crippen LogP contribution is -2.17. The van der Waals surface area contributed by atoms with Crippen LogP contribution >= 0.6 is 23.2 Å². The van der Waals surface area contributed by atoms with Crippen LogP contribution in [0, 0.1) is 0 Å². The van der Waals surface area contributed by atoms with Gasteiger partial charge in [0.2, 0.25) is 0 Å². The lowest BCUT2D eigenvalue weighted by Gasteiger charge is -2.13. The van der Waals surface area contributed by atoms with Gasteiger partial charge in [-0.25, -0.2) is 9.97 Å². The fourth-order valence-electron chi connectivity index (χ4n) is 1.68. The Morgan fingerprint density at radius 1 is 1.17 bits per heavy atom. The zero-order valence-electron chi connectivity index (χ0n) is 11.5. The predicted octanol–water partition coefficient (Wildman–Crippen LogP) is 4.10. The molecule has 0 fully saturated rings. The van der Waals surface area contributed by atoms with Crippen LogP contribution < -0.4 is 10.6 Å². The Hall–Kier alpha value is -2.06. The van der Waals surface area contributed by atoms with E-state index in [2.05, 4.69) is 20.6 Å². The summed E-state index contributed by atoms with van der Waals surface area (Å²) < 4.78 is 38.3. The summed E-state index contributed by atoms with van der Waals surface area (Å²) >= 11 is 11.5. The predicted molar refractivity (Wildman–Crippen MR) is 81.0 cm³/mol. The standard InChI is InChI=1S/C13H9Cl2F3N4O/c1-19-11-9(2-6(4-21-11)13(16,17)18)22-12(23)10-8(15)3-7(14)5-20-10/h2-5H,1H3,(H,19,21)(H,22,23). The highest BCUT2D eigenvalue weighted by molar-refractivity contribution is 6.36. The van der Waals surface area contributed by atoms with Crippen molar-refractivity contribution in [2.24, 2.45) is 0 Å². The van der Waals surface area contributed by atoms with Gasteiger partial charge in [-0.15, -0.1) is 0 Å². The molecule has 122 valence electrons. The minimum Gasteiger partial charge on any atom is -0.371 e. The Balaban J connectivity index is 2.36. The van der Waals surface area contributed by atoms with Crippen molar-refractivity contribution < 1.29 is 18.0 Å². The third kappa shape index (κ3) is 4.02. The number of aromatic nitrogens is 2. The van der Waals surface area contributed by atoms with Gasteiger partial charge in [0.15, 0.2) is 0 Å². The van der Waals surface area contributed by atoms with Crippen LogP contribution in [0.1, 0.15) is 16.1 Å². The molecule has 0 aromatic carbocycles. The average Bonchev–Trinajstić information content (AvgIpc) is 2.46. The topological polar surface area (TPSA) is 66.9 Å². The van der Waals surface area contributed by atoms with Gasteiger partial charge in [-0.2, -0.15) is 13.2 Å². The maximum Gasteiger partial charge on any atom is 0.417 e. The highest BCUT2D eigenvalue weighted by Crippen LogP contribution is 2.32. The quantitative estimate of drug-likeness (QED) is 0.860. The molecule has 2 aromatic rings. The molecule has 23 heavy (non-hydrogen) atoms. The molecule has 2 rings (SSSR count). The van der Waals surface area contributed by atoms with Crippen LogP contribution in [-0.4, -0.2) is 22.9 Å². The largest absolute Gasteiger partial charge is 0.417 e. The van der Waals surface area contributed by atoms with Crippen LogP contribution in [0.3, 0.4) is 0 Å². The number of anilines is 2. The van der Waals surface area contributed by atoms with Gasteiger partial charge in [0.05, 0.1) is 21.3 Å². The van der Waals surface area contributed by atoms with Crippen LogP contribution in [0.2, 0.25) is 10.0 Å². The molecule has 2 heterocycles. The number of hydrogen-bond acceptors (Lipinski definition) is 4. The summed E-state index contributed by atoms with van der Waals surface area (Å²) in [4.78, 5) is 19.5. The molecule has 0 saturated heterocycles. The fraction of sp³-hybridized carbons (Fsp3) is 0.154. The summed E-state index contributed by atoms with van der Waals surface area (Å²) in [6.07, 6.45) is -2.73. The first-order chi connectivity index (χ1) is 10.7. The maximum absolute atomic E-state index is 12.8. The Bertz CT molecular complexity index is 752. The first-order valence-electron chi connectivity index (χ1n) is 6.09. The van der Waals surface area contributed by atoms with Gasteiger partial charge in [0.1, 0.15) is 11.5 Å². The maximum atomic E-state index is 12.8. The van der Waals surface area contributed by atoms with Crippen LogP contribution in [-0.2, 0) is 6.18 Å². The van der Waals surface area contributed by atoms with E-state index in [-0.39, 0.29) is 27.2 Å². The fourth-order valence-corrected chi connectivity index (χ4v) is 2.14. The van der Waals surface area contributed by atoms with Crippen molar-refractivity contribution in [3.05, 3.63) is 45.8 Å². The van der Waals surface area contributed by atoms with E-state index < -0.39 is 17.6 Å². The minimum atomic E-state index is -4.59. The summed E-state index contributed by atoms with van der Waals surface area (Å²) in [5.74, 6) is -0.722. The van der Waals surface area contributed by atoms with Crippen LogP contribution in [0.4, 0.5) is 24.7 Å². The Labute approximate surface area is 138 Å². The van der Waals surface area contributed by atoms with E-state index in [1.165, 1.54) is 19.3 Å². The molecular weight excluding hydrogens is 356 g/mol. The SMILES string of the molecule is CNc1ncc(C(F)(F)F)cc1NC(=O)c1ncc(Cl)cc1Cl. The molecule has 0 atom stereocenters. The van der Waals surface area contributed by atoms with Gasteiger partial charge < -0.3 is 10.6 Å². The molecule has 0 radical (unpaired) electrons. The molecule has 0 bridgehead atoms. The minimum absolute atomic E-state index is 0.0269. The van der Waals surface area contributed by atoms with Crippen LogP contribution in [0.5, 0.6) is 0 Å². The van der Waals surface area contributed by atoms with Crippen molar-refractivity contribution in [2.45, 2.75) is 6.18 Å². The van der Waals surface area contributed by atoms with E-state index in [1.807, 2.05) is 0 Å². The second-order valence-electron chi connectivity index (χ2n) is 4.31. The number of amides is 1. The van der Waals surface area contributed by atoms with E-state index in [9.17, 15) is 18.0 Å². The number of pyridine rings is 2. The number of nitrogens with one attached hydrogen (secondary N) is 2. The van der Waals surface area contributed by atoms with Gasteiger partial charge in [-0.05, 0) is 12.1 Å². The smallest absolute Gasteiger partial charge is 0.371 e. The molecule has 2 aromatic heterocycles. The van der Waals surface area contributed by atoms with Crippen molar-refractivity contribution in [3.8, 4) is 0 Å². The molecule has 2 N–H and O–H groups in total. The van der Waals surface area contributed by atoms with Crippen LogP contribution in [0.15, 0.2) is 24.5 Å². The number of rotatable bonds is 3. The number of carbonyl (C=O) groups excluding carboxylic acids is 1. The third-order valence-corrected chi connectivity index (χ3v) is 3.22. The molecule has 5 nitrogen and oxygen atoms in total. The lowest BCUT2D eigenvalue weighted by molar-refractivity contribution is -0.137. The van der Waals surface area contributed by atoms with Gasteiger partial charge >= 0.3 is 6.18 Å². The van der Waals surface area contributed by atoms with E-state index in [0.717, 1.165) is 6.07 Å². The van der Waals surface area contributed by atoms with E-state index in [4.69, 9.17) is 23.2 Å². The van der Waals surface area contributed by atoms with Crippen LogP contribution in [0.25, 0.3) is 0 Å². The number of carbonyl (C=O) groups is 1. The van der Waals surface area contributed by atoms with E-state index in [0.29, 0.717) is 6.20 Å². The van der Waals surface area contributed by atoms with Crippen molar-refractivity contribution in [1.29, 1.82) is 0 Å². The average molecular weight is 365 g/mol. The zero-order valence-corrected chi connectivity index (χ0v) is 13.0. The zero-order chi connectivity index (χ0) is 17.2. The number of halogens is 5. The van der Waals surface area contributed by atoms with Gasteiger partial charge in [-0.3, -0.25) is 4.79 Å². The van der Waals surface area contributed by atoms with Crippen molar-refractivity contribution >= 4 is 40.6 Å². The number of hydrogen-bond donors (Lipinski definition) is 2. The van der Waals surface area contributed by atoms with E-state index in [1.54, 1.807) is 0 Å².